The van der Waals surface area contributed by atoms with Crippen LogP contribution >= 0.6 is 0 Å². The van der Waals surface area contributed by atoms with Gasteiger partial charge >= 0.3 is 0 Å². The fourth-order valence-corrected chi connectivity index (χ4v) is 4.60. The normalized spacial score (nSPS) is 22.1. The van der Waals surface area contributed by atoms with Crippen molar-refractivity contribution in [2.75, 3.05) is 26.3 Å². The Hall–Kier alpha value is -3.30. The van der Waals surface area contributed by atoms with Gasteiger partial charge in [-0.1, -0.05) is 6.58 Å². The van der Waals surface area contributed by atoms with Crippen molar-refractivity contribution < 1.29 is 18.3 Å². The Bertz CT molecular complexity index is 1170. The topological polar surface area (TPSA) is 76.2 Å². The molecule has 7 nitrogen and oxygen atoms in total. The van der Waals surface area contributed by atoms with Gasteiger partial charge in [-0.2, -0.15) is 0 Å². The average molecular weight is 468 g/mol. The van der Waals surface area contributed by atoms with Crippen molar-refractivity contribution in [1.82, 2.24) is 14.8 Å². The van der Waals surface area contributed by atoms with Crippen molar-refractivity contribution in [3.05, 3.63) is 77.7 Å². The van der Waals surface area contributed by atoms with Gasteiger partial charge in [0.1, 0.15) is 23.1 Å². The number of benzene rings is 1. The predicted octanol–water partition coefficient (Wildman–Crippen LogP) is 3.85. The Kier molecular flexibility index (Phi) is 5.83. The molecule has 2 aromatic rings. The SMILES string of the molecule is C=C1N=C(CCc2cc(F)c(Oc3ccnc(C)c3)c(F)c2)C=C2N1CCC1(N)COCCN21. The summed E-state index contributed by atoms with van der Waals surface area (Å²) in [5.41, 5.74) is 8.07. The van der Waals surface area contributed by atoms with Crippen molar-refractivity contribution in [1.29, 1.82) is 0 Å². The molecular formula is C25H27F2N5O2. The first kappa shape index (κ1) is 22.5. The summed E-state index contributed by atoms with van der Waals surface area (Å²) < 4.78 is 40.4. The van der Waals surface area contributed by atoms with Gasteiger partial charge in [0.2, 0.25) is 0 Å². The van der Waals surface area contributed by atoms with E-state index < -0.39 is 23.0 Å². The minimum Gasteiger partial charge on any atom is -0.451 e. The zero-order valence-corrected chi connectivity index (χ0v) is 19.1. The Balaban J connectivity index is 1.31. The van der Waals surface area contributed by atoms with Gasteiger partial charge in [-0.25, -0.2) is 13.8 Å². The van der Waals surface area contributed by atoms with Crippen molar-refractivity contribution in [2.24, 2.45) is 10.7 Å². The van der Waals surface area contributed by atoms with E-state index in [-0.39, 0.29) is 0 Å². The van der Waals surface area contributed by atoms with Gasteiger partial charge in [0.25, 0.3) is 0 Å². The number of aryl methyl sites for hydroxylation is 2. The lowest BCUT2D eigenvalue weighted by molar-refractivity contribution is -0.0833. The van der Waals surface area contributed by atoms with Crippen LogP contribution in [0.2, 0.25) is 0 Å². The summed E-state index contributed by atoms with van der Waals surface area (Å²) in [5.74, 6) is 0.00535. The van der Waals surface area contributed by atoms with Crippen LogP contribution in [0.15, 0.2) is 59.8 Å². The minimum absolute atomic E-state index is 0.330. The van der Waals surface area contributed by atoms with Gasteiger partial charge in [0.05, 0.1) is 13.2 Å². The molecule has 2 N–H and O–H groups in total. The Labute approximate surface area is 197 Å². The van der Waals surface area contributed by atoms with Crippen LogP contribution in [0, 0.1) is 18.6 Å². The molecule has 0 aliphatic carbocycles. The van der Waals surface area contributed by atoms with Crippen molar-refractivity contribution >= 4 is 5.71 Å². The number of allylic oxidation sites excluding steroid dienone is 1. The van der Waals surface area contributed by atoms with E-state index in [4.69, 9.17) is 15.2 Å². The fraction of sp³-hybridized carbons (Fsp3) is 0.360. The average Bonchev–Trinajstić information content (AvgIpc) is 2.79. The molecule has 9 heteroatoms. The van der Waals surface area contributed by atoms with Crippen LogP contribution in [0.3, 0.4) is 0 Å². The number of nitrogens with zero attached hydrogens (tertiary/aromatic N) is 4. The van der Waals surface area contributed by atoms with E-state index >= 15 is 0 Å². The molecule has 1 aromatic heterocycles. The third-order valence-electron chi connectivity index (χ3n) is 6.37. The van der Waals surface area contributed by atoms with Crippen LogP contribution in [0.25, 0.3) is 0 Å². The quantitative estimate of drug-likeness (QED) is 0.720. The molecule has 2 fully saturated rings. The number of pyridine rings is 1. The smallest absolute Gasteiger partial charge is 0.198 e. The second-order valence-electron chi connectivity index (χ2n) is 8.85. The van der Waals surface area contributed by atoms with Gasteiger partial charge in [-0.05, 0) is 43.5 Å². The summed E-state index contributed by atoms with van der Waals surface area (Å²) in [6.45, 7) is 8.37. The second-order valence-corrected chi connectivity index (χ2v) is 8.85. The molecule has 34 heavy (non-hydrogen) atoms. The number of ether oxygens (including phenoxy) is 2. The molecule has 3 aliphatic rings. The minimum atomic E-state index is -0.752. The summed E-state index contributed by atoms with van der Waals surface area (Å²) in [4.78, 5) is 12.9. The maximum Gasteiger partial charge on any atom is 0.198 e. The van der Waals surface area contributed by atoms with Crippen molar-refractivity contribution in [3.63, 3.8) is 0 Å². The summed E-state index contributed by atoms with van der Waals surface area (Å²) >= 11 is 0. The lowest BCUT2D eigenvalue weighted by Gasteiger charge is -2.54. The highest BCUT2D eigenvalue weighted by molar-refractivity contribution is 5.97. The maximum atomic E-state index is 14.7. The third kappa shape index (κ3) is 4.28. The van der Waals surface area contributed by atoms with E-state index in [9.17, 15) is 8.78 Å². The largest absolute Gasteiger partial charge is 0.451 e. The van der Waals surface area contributed by atoms with Gasteiger partial charge in [0.15, 0.2) is 17.4 Å². The van der Waals surface area contributed by atoms with Crippen LogP contribution in [0.5, 0.6) is 11.5 Å². The highest BCUT2D eigenvalue weighted by atomic mass is 19.1. The Morgan fingerprint density at radius 1 is 1.21 bits per heavy atom. The van der Waals surface area contributed by atoms with E-state index in [0.29, 0.717) is 62.0 Å². The van der Waals surface area contributed by atoms with Gasteiger partial charge in [-0.15, -0.1) is 0 Å². The van der Waals surface area contributed by atoms with Crippen LogP contribution in [0.4, 0.5) is 8.78 Å². The van der Waals surface area contributed by atoms with Crippen LogP contribution in [-0.4, -0.2) is 52.5 Å². The summed E-state index contributed by atoms with van der Waals surface area (Å²) in [7, 11) is 0. The number of hydrogen-bond donors (Lipinski definition) is 1. The van der Waals surface area contributed by atoms with Gasteiger partial charge < -0.3 is 25.0 Å². The molecule has 2 saturated heterocycles. The maximum absolute atomic E-state index is 14.7. The number of aromatic nitrogens is 1. The molecular weight excluding hydrogens is 440 g/mol. The molecule has 4 heterocycles. The number of nitrogens with two attached hydrogens (primary N) is 1. The summed E-state index contributed by atoms with van der Waals surface area (Å²) in [5, 5.41) is 0. The van der Waals surface area contributed by atoms with Gasteiger partial charge in [0, 0.05) is 49.3 Å². The lowest BCUT2D eigenvalue weighted by Crippen LogP contribution is -2.67. The molecule has 1 unspecified atom stereocenters. The molecule has 1 aromatic carbocycles. The molecule has 0 radical (unpaired) electrons. The molecule has 0 saturated carbocycles. The Morgan fingerprint density at radius 2 is 2.00 bits per heavy atom. The first-order chi connectivity index (χ1) is 16.3. The first-order valence-electron chi connectivity index (χ1n) is 11.3. The number of rotatable bonds is 5. The highest BCUT2D eigenvalue weighted by Gasteiger charge is 2.44. The number of halogens is 2. The van der Waals surface area contributed by atoms with E-state index in [1.165, 1.54) is 18.3 Å². The third-order valence-corrected chi connectivity index (χ3v) is 6.37. The van der Waals surface area contributed by atoms with Crippen molar-refractivity contribution in [3.8, 4) is 11.5 Å². The number of fused-ring (bicyclic) bond motifs is 3. The molecule has 0 amide bonds. The Morgan fingerprint density at radius 3 is 2.76 bits per heavy atom. The lowest BCUT2D eigenvalue weighted by atomic mass is 9.98. The molecule has 1 atom stereocenters. The standard InChI is InChI=1S/C25H27F2N5O2/c1-16-11-20(5-7-29-16)34-24-21(26)12-18(13-22(24)27)3-4-19-14-23-31(17(2)30-19)8-6-25(28)15-33-10-9-32(23)25/h5,7,11-14H,2-4,6,8-10,15,28H2,1H3. The van der Waals surface area contributed by atoms with E-state index in [2.05, 4.69) is 26.4 Å². The second kappa shape index (κ2) is 8.81. The summed E-state index contributed by atoms with van der Waals surface area (Å²) in [6.07, 6.45) is 5.19. The number of morpholine rings is 1. The number of hydrogen-bond acceptors (Lipinski definition) is 7. The molecule has 0 spiro atoms. The molecule has 5 rings (SSSR count). The monoisotopic (exact) mass is 467 g/mol. The highest BCUT2D eigenvalue weighted by Crippen LogP contribution is 2.35. The molecule has 0 bridgehead atoms. The molecule has 3 aliphatic heterocycles. The van der Waals surface area contributed by atoms with E-state index in [1.54, 1.807) is 19.1 Å². The number of aliphatic imine (C=N–C) groups is 1. The van der Waals surface area contributed by atoms with Gasteiger partial charge in [-0.3, -0.25) is 4.98 Å². The fourth-order valence-electron chi connectivity index (χ4n) is 4.60. The van der Waals surface area contributed by atoms with Crippen molar-refractivity contribution in [2.45, 2.75) is 31.8 Å². The first-order valence-corrected chi connectivity index (χ1v) is 11.3. The van der Waals surface area contributed by atoms with E-state index in [0.717, 1.165) is 18.0 Å². The zero-order valence-electron chi connectivity index (χ0n) is 19.1. The molecule has 178 valence electrons. The zero-order chi connectivity index (χ0) is 23.9. The van der Waals surface area contributed by atoms with Crippen LogP contribution < -0.4 is 10.5 Å². The van der Waals surface area contributed by atoms with E-state index in [1.807, 2.05) is 6.08 Å². The van der Waals surface area contributed by atoms with Crippen LogP contribution in [-0.2, 0) is 11.2 Å². The predicted molar refractivity (Wildman–Crippen MR) is 124 cm³/mol. The summed E-state index contributed by atoms with van der Waals surface area (Å²) in [6, 6.07) is 5.78. The van der Waals surface area contributed by atoms with Crippen LogP contribution in [0.1, 0.15) is 24.1 Å².